The van der Waals surface area contributed by atoms with Gasteiger partial charge in [-0.2, -0.15) is 0 Å². The number of carbonyl (C=O) groups is 1. The zero-order chi connectivity index (χ0) is 18.6. The number of hydrogen-bond acceptors (Lipinski definition) is 4. The van der Waals surface area contributed by atoms with Crippen molar-refractivity contribution in [1.82, 2.24) is 9.97 Å². The van der Waals surface area contributed by atoms with E-state index in [1.807, 2.05) is 30.3 Å². The molecule has 0 saturated heterocycles. The Kier molecular flexibility index (Phi) is 4.45. The number of aromatic nitrogens is 2. The third-order valence-corrected chi connectivity index (χ3v) is 4.03. The highest BCUT2D eigenvalue weighted by Gasteiger charge is 2.11. The van der Waals surface area contributed by atoms with E-state index in [-0.39, 0.29) is 11.4 Å². The molecule has 2 aromatic heterocycles. The molecule has 0 aliphatic heterocycles. The van der Waals surface area contributed by atoms with Crippen LogP contribution in [-0.4, -0.2) is 15.9 Å². The van der Waals surface area contributed by atoms with E-state index in [2.05, 4.69) is 20.6 Å². The maximum atomic E-state index is 13.7. The minimum absolute atomic E-state index is 0.112. The van der Waals surface area contributed by atoms with E-state index < -0.39 is 11.7 Å². The molecule has 0 spiro atoms. The van der Waals surface area contributed by atoms with Crippen molar-refractivity contribution in [2.45, 2.75) is 0 Å². The second kappa shape index (κ2) is 7.21. The van der Waals surface area contributed by atoms with Gasteiger partial charge in [0.2, 0.25) is 0 Å². The molecule has 0 fully saturated rings. The Morgan fingerprint density at radius 1 is 0.852 bits per heavy atom. The third-order valence-electron chi connectivity index (χ3n) is 4.03. The van der Waals surface area contributed by atoms with E-state index in [0.29, 0.717) is 5.69 Å². The molecule has 132 valence electrons. The van der Waals surface area contributed by atoms with Crippen LogP contribution in [0.15, 0.2) is 79.1 Å². The van der Waals surface area contributed by atoms with E-state index in [4.69, 9.17) is 0 Å². The Morgan fingerprint density at radius 2 is 1.67 bits per heavy atom. The molecule has 27 heavy (non-hydrogen) atoms. The normalized spacial score (nSPS) is 10.6. The number of anilines is 3. The minimum Gasteiger partial charge on any atom is -0.354 e. The lowest BCUT2D eigenvalue weighted by Crippen LogP contribution is -2.14. The molecule has 2 aromatic carbocycles. The molecule has 0 unspecified atom stereocenters. The van der Waals surface area contributed by atoms with Crippen LogP contribution in [0.3, 0.4) is 0 Å². The van der Waals surface area contributed by atoms with Crippen molar-refractivity contribution >= 4 is 33.9 Å². The van der Waals surface area contributed by atoms with Crippen LogP contribution in [0, 0.1) is 5.82 Å². The summed E-state index contributed by atoms with van der Waals surface area (Å²) in [4.78, 5) is 20.9. The summed E-state index contributed by atoms with van der Waals surface area (Å²) < 4.78 is 13.7. The van der Waals surface area contributed by atoms with E-state index in [1.54, 1.807) is 30.5 Å². The van der Waals surface area contributed by atoms with Crippen molar-refractivity contribution in [1.29, 1.82) is 0 Å². The number of fused-ring (bicyclic) bond motifs is 1. The van der Waals surface area contributed by atoms with Gasteiger partial charge in [-0.3, -0.25) is 14.8 Å². The molecular formula is C21H15FN4O. The van der Waals surface area contributed by atoms with E-state index in [9.17, 15) is 9.18 Å². The van der Waals surface area contributed by atoms with Crippen LogP contribution in [0.5, 0.6) is 0 Å². The first kappa shape index (κ1) is 16.7. The summed E-state index contributed by atoms with van der Waals surface area (Å²) in [6.07, 6.45) is 3.25. The molecule has 0 saturated carbocycles. The van der Waals surface area contributed by atoms with Crippen LogP contribution in [0.4, 0.5) is 21.5 Å². The molecular weight excluding hydrogens is 343 g/mol. The van der Waals surface area contributed by atoms with Crippen molar-refractivity contribution in [2.24, 2.45) is 0 Å². The number of nitrogens with zero attached hydrogens (tertiary/aromatic N) is 2. The maximum absolute atomic E-state index is 13.7. The van der Waals surface area contributed by atoms with E-state index in [0.717, 1.165) is 16.6 Å². The number of rotatable bonds is 4. The second-order valence-corrected chi connectivity index (χ2v) is 5.87. The maximum Gasteiger partial charge on any atom is 0.274 e. The molecule has 0 bridgehead atoms. The fourth-order valence-electron chi connectivity index (χ4n) is 2.74. The summed E-state index contributed by atoms with van der Waals surface area (Å²) >= 11 is 0. The Hall–Kier alpha value is -3.80. The number of amides is 1. The van der Waals surface area contributed by atoms with Crippen LogP contribution in [0.1, 0.15) is 10.5 Å². The number of carbonyl (C=O) groups excluding carboxylic acids is 1. The zero-order valence-electron chi connectivity index (χ0n) is 14.2. The largest absolute Gasteiger partial charge is 0.354 e. The first-order chi connectivity index (χ1) is 13.2. The number of pyridine rings is 2. The Morgan fingerprint density at radius 3 is 2.56 bits per heavy atom. The lowest BCUT2D eigenvalue weighted by molar-refractivity contribution is 0.102. The average molecular weight is 358 g/mol. The van der Waals surface area contributed by atoms with Crippen molar-refractivity contribution < 1.29 is 9.18 Å². The summed E-state index contributed by atoms with van der Waals surface area (Å²) in [5.41, 5.74) is 2.62. The smallest absolute Gasteiger partial charge is 0.274 e. The van der Waals surface area contributed by atoms with Crippen molar-refractivity contribution in [3.63, 3.8) is 0 Å². The van der Waals surface area contributed by atoms with Gasteiger partial charge in [-0.1, -0.05) is 30.3 Å². The molecule has 0 aliphatic rings. The molecule has 0 radical (unpaired) electrons. The second-order valence-electron chi connectivity index (χ2n) is 5.87. The lowest BCUT2D eigenvalue weighted by atomic mass is 10.2. The third kappa shape index (κ3) is 3.59. The van der Waals surface area contributed by atoms with Gasteiger partial charge in [0.25, 0.3) is 5.91 Å². The molecule has 2 heterocycles. The van der Waals surface area contributed by atoms with Crippen LogP contribution in [0.2, 0.25) is 0 Å². The van der Waals surface area contributed by atoms with Gasteiger partial charge in [0.1, 0.15) is 11.5 Å². The highest BCUT2D eigenvalue weighted by atomic mass is 19.1. The molecule has 4 aromatic rings. The summed E-state index contributed by atoms with van der Waals surface area (Å²) in [5, 5.41) is 6.80. The highest BCUT2D eigenvalue weighted by Crippen LogP contribution is 2.24. The Labute approximate surface area is 154 Å². The minimum atomic E-state index is -0.498. The van der Waals surface area contributed by atoms with Gasteiger partial charge >= 0.3 is 0 Å². The Bertz CT molecular complexity index is 1120. The molecule has 0 atom stereocenters. The number of nitrogens with one attached hydrogen (secondary N) is 2. The number of para-hydroxylation sites is 2. The van der Waals surface area contributed by atoms with Crippen molar-refractivity contribution in [3.05, 3.63) is 90.6 Å². The SMILES string of the molecule is O=C(Nc1ccccc1F)c1cc(Nc2cccc3cccnc23)ccn1. The van der Waals surface area contributed by atoms with Crippen LogP contribution in [0.25, 0.3) is 10.9 Å². The first-order valence-electron chi connectivity index (χ1n) is 8.33. The summed E-state index contributed by atoms with van der Waals surface area (Å²) in [7, 11) is 0. The number of benzene rings is 2. The molecule has 1 amide bonds. The van der Waals surface area contributed by atoms with Gasteiger partial charge in [0.15, 0.2) is 0 Å². The van der Waals surface area contributed by atoms with Crippen LogP contribution < -0.4 is 10.6 Å². The van der Waals surface area contributed by atoms with Gasteiger partial charge in [-0.15, -0.1) is 0 Å². The van der Waals surface area contributed by atoms with Crippen molar-refractivity contribution in [2.75, 3.05) is 10.6 Å². The number of halogens is 1. The molecule has 6 heteroatoms. The quantitative estimate of drug-likeness (QED) is 0.552. The number of hydrogen-bond donors (Lipinski definition) is 2. The van der Waals surface area contributed by atoms with Crippen LogP contribution >= 0.6 is 0 Å². The van der Waals surface area contributed by atoms with E-state index >= 15 is 0 Å². The predicted octanol–water partition coefficient (Wildman–Crippen LogP) is 4.76. The highest BCUT2D eigenvalue weighted by molar-refractivity contribution is 6.03. The van der Waals surface area contributed by atoms with Gasteiger partial charge < -0.3 is 10.6 Å². The predicted molar refractivity (Wildman–Crippen MR) is 104 cm³/mol. The average Bonchev–Trinajstić information content (AvgIpc) is 2.70. The van der Waals surface area contributed by atoms with Gasteiger partial charge in [-0.05, 0) is 36.4 Å². The topological polar surface area (TPSA) is 66.9 Å². The monoisotopic (exact) mass is 358 g/mol. The van der Waals surface area contributed by atoms with Crippen LogP contribution in [-0.2, 0) is 0 Å². The zero-order valence-corrected chi connectivity index (χ0v) is 14.2. The van der Waals surface area contributed by atoms with Crippen molar-refractivity contribution in [3.8, 4) is 0 Å². The molecule has 0 aliphatic carbocycles. The molecule has 4 rings (SSSR count). The lowest BCUT2D eigenvalue weighted by Gasteiger charge is -2.10. The molecule has 5 nitrogen and oxygen atoms in total. The first-order valence-corrected chi connectivity index (χ1v) is 8.33. The molecule has 2 N–H and O–H groups in total. The summed E-state index contributed by atoms with van der Waals surface area (Å²) in [6.45, 7) is 0. The summed E-state index contributed by atoms with van der Waals surface area (Å²) in [6, 6.07) is 19.0. The summed E-state index contributed by atoms with van der Waals surface area (Å²) in [5.74, 6) is -0.984. The standard InChI is InChI=1S/C21H15FN4O/c22-16-7-1-2-8-17(16)26-21(27)19-13-15(10-12-23-19)25-18-9-3-5-14-6-4-11-24-20(14)18/h1-13H,(H,23,25)(H,26,27). The van der Waals surface area contributed by atoms with Gasteiger partial charge in [-0.25, -0.2) is 4.39 Å². The fourth-order valence-corrected chi connectivity index (χ4v) is 2.74. The van der Waals surface area contributed by atoms with E-state index in [1.165, 1.54) is 18.3 Å². The van der Waals surface area contributed by atoms with Gasteiger partial charge in [0, 0.05) is 23.5 Å². The Balaban J connectivity index is 1.59. The fraction of sp³-hybridized carbons (Fsp3) is 0. The van der Waals surface area contributed by atoms with Gasteiger partial charge in [0.05, 0.1) is 16.9 Å².